The van der Waals surface area contributed by atoms with E-state index in [-0.39, 0.29) is 0 Å². The van der Waals surface area contributed by atoms with Gasteiger partial charge in [0.25, 0.3) is 0 Å². The maximum atomic E-state index is 8.70. The summed E-state index contributed by atoms with van der Waals surface area (Å²) in [5.74, 6) is 0.672. The summed E-state index contributed by atoms with van der Waals surface area (Å²) >= 11 is 5.80. The zero-order valence-electron chi connectivity index (χ0n) is 10.7. The van der Waals surface area contributed by atoms with E-state index in [1.165, 1.54) is 0 Å². The molecule has 3 rings (SSSR count). The Hall–Kier alpha value is -2.91. The molecular weight excluding hydrogens is 288 g/mol. The first-order chi connectivity index (χ1) is 10.2. The number of nitrogens with one attached hydrogen (secondary N) is 1. The molecule has 102 valence electrons. The van der Waals surface area contributed by atoms with Gasteiger partial charge in [0.15, 0.2) is 5.82 Å². The number of pyridine rings is 2. The molecule has 0 fully saturated rings. The molecule has 0 unspecified atom stereocenters. The van der Waals surface area contributed by atoms with Crippen LogP contribution in [0.2, 0.25) is 5.02 Å². The van der Waals surface area contributed by atoms with Crippen molar-refractivity contribution in [3.63, 3.8) is 0 Å². The van der Waals surface area contributed by atoms with E-state index < -0.39 is 0 Å². The van der Waals surface area contributed by atoms with E-state index >= 15 is 0 Å². The number of nitrogens with zero attached hydrogens (tertiary/aromatic N) is 5. The molecule has 0 radical (unpaired) electrons. The van der Waals surface area contributed by atoms with Gasteiger partial charge >= 0.3 is 0 Å². The van der Waals surface area contributed by atoms with Crippen molar-refractivity contribution in [1.82, 2.24) is 19.7 Å². The highest BCUT2D eigenvalue weighted by atomic mass is 35.5. The van der Waals surface area contributed by atoms with Gasteiger partial charge in [0.1, 0.15) is 11.8 Å². The van der Waals surface area contributed by atoms with Crippen LogP contribution in [0.1, 0.15) is 5.69 Å². The fourth-order valence-electron chi connectivity index (χ4n) is 1.72. The van der Waals surface area contributed by atoms with Crippen molar-refractivity contribution in [2.45, 2.75) is 0 Å². The SMILES string of the molecule is N#Cc1ccc(Nc2cnn(-c3ccc(Cl)cn3)c2)cn1. The van der Waals surface area contributed by atoms with Gasteiger partial charge in [0.05, 0.1) is 35.0 Å². The minimum atomic E-state index is 0.376. The predicted molar refractivity (Wildman–Crippen MR) is 78.6 cm³/mol. The summed E-state index contributed by atoms with van der Waals surface area (Å²) < 4.78 is 1.63. The smallest absolute Gasteiger partial charge is 0.153 e. The van der Waals surface area contributed by atoms with Crippen LogP contribution >= 0.6 is 11.6 Å². The van der Waals surface area contributed by atoms with Gasteiger partial charge < -0.3 is 5.32 Å². The van der Waals surface area contributed by atoms with E-state index in [2.05, 4.69) is 20.4 Å². The number of halogens is 1. The molecule has 3 heterocycles. The van der Waals surface area contributed by atoms with E-state index in [1.54, 1.807) is 53.7 Å². The lowest BCUT2D eigenvalue weighted by Crippen LogP contribution is -1.96. The summed E-state index contributed by atoms with van der Waals surface area (Å²) in [4.78, 5) is 8.17. The molecule has 0 saturated carbocycles. The Balaban J connectivity index is 1.78. The number of aromatic nitrogens is 4. The molecule has 0 saturated heterocycles. The van der Waals surface area contributed by atoms with Gasteiger partial charge in [-0.15, -0.1) is 0 Å². The minimum absolute atomic E-state index is 0.376. The highest BCUT2D eigenvalue weighted by Gasteiger charge is 2.03. The summed E-state index contributed by atoms with van der Waals surface area (Å²) in [5.41, 5.74) is 1.94. The van der Waals surface area contributed by atoms with E-state index in [0.717, 1.165) is 11.4 Å². The van der Waals surface area contributed by atoms with Gasteiger partial charge in [0, 0.05) is 6.20 Å². The molecule has 0 bridgehead atoms. The second-order valence-corrected chi connectivity index (χ2v) is 4.61. The Morgan fingerprint density at radius 1 is 1.05 bits per heavy atom. The number of hydrogen-bond donors (Lipinski definition) is 1. The predicted octanol–water partition coefficient (Wildman–Crippen LogP) is 2.93. The Bertz CT molecular complexity index is 786. The zero-order chi connectivity index (χ0) is 14.7. The molecule has 0 aromatic carbocycles. The van der Waals surface area contributed by atoms with Gasteiger partial charge in [-0.05, 0) is 24.3 Å². The number of anilines is 2. The third-order valence-corrected chi connectivity index (χ3v) is 2.92. The van der Waals surface area contributed by atoms with Crippen molar-refractivity contribution in [2.24, 2.45) is 0 Å². The summed E-state index contributed by atoms with van der Waals surface area (Å²) in [6.07, 6.45) is 6.63. The van der Waals surface area contributed by atoms with Crippen molar-refractivity contribution in [3.8, 4) is 11.9 Å². The van der Waals surface area contributed by atoms with Crippen LogP contribution in [0.25, 0.3) is 5.82 Å². The lowest BCUT2D eigenvalue weighted by atomic mass is 10.3. The lowest BCUT2D eigenvalue weighted by Gasteiger charge is -2.02. The first kappa shape index (κ1) is 13.1. The van der Waals surface area contributed by atoms with Gasteiger partial charge in [-0.3, -0.25) is 0 Å². The first-order valence-electron chi connectivity index (χ1n) is 6.04. The second-order valence-electron chi connectivity index (χ2n) is 4.18. The molecule has 7 heteroatoms. The number of rotatable bonds is 3. The van der Waals surface area contributed by atoms with Crippen LogP contribution in [-0.4, -0.2) is 19.7 Å². The van der Waals surface area contributed by atoms with Gasteiger partial charge in [0.2, 0.25) is 0 Å². The third kappa shape index (κ3) is 2.99. The summed E-state index contributed by atoms with van der Waals surface area (Å²) in [6, 6.07) is 8.93. The maximum absolute atomic E-state index is 8.70. The van der Waals surface area contributed by atoms with Crippen LogP contribution in [0.15, 0.2) is 49.1 Å². The van der Waals surface area contributed by atoms with Crippen molar-refractivity contribution in [3.05, 3.63) is 59.8 Å². The molecule has 0 aliphatic rings. The first-order valence-corrected chi connectivity index (χ1v) is 6.42. The third-order valence-electron chi connectivity index (χ3n) is 2.70. The van der Waals surface area contributed by atoms with E-state index in [1.807, 2.05) is 6.07 Å². The highest BCUT2D eigenvalue weighted by molar-refractivity contribution is 6.30. The van der Waals surface area contributed by atoms with Crippen LogP contribution < -0.4 is 5.32 Å². The lowest BCUT2D eigenvalue weighted by molar-refractivity contribution is 0.847. The Morgan fingerprint density at radius 3 is 2.62 bits per heavy atom. The topological polar surface area (TPSA) is 79.4 Å². The molecule has 3 aromatic heterocycles. The molecule has 1 N–H and O–H groups in total. The molecule has 0 amide bonds. The van der Waals surface area contributed by atoms with E-state index in [0.29, 0.717) is 16.5 Å². The Morgan fingerprint density at radius 2 is 1.95 bits per heavy atom. The molecule has 3 aromatic rings. The standard InChI is InChI=1S/C14H9ClN6/c15-10-1-4-14(18-6-10)21-9-13(8-19-21)20-12-3-2-11(5-16)17-7-12/h1-4,6-9,20H. The van der Waals surface area contributed by atoms with Crippen molar-refractivity contribution in [1.29, 1.82) is 5.26 Å². The Labute approximate surface area is 125 Å². The normalized spacial score (nSPS) is 10.1. The summed E-state index contributed by atoms with van der Waals surface area (Å²) in [5, 5.41) is 16.7. The molecule has 0 atom stereocenters. The monoisotopic (exact) mass is 296 g/mol. The fourth-order valence-corrected chi connectivity index (χ4v) is 1.83. The van der Waals surface area contributed by atoms with Crippen LogP contribution in [0.3, 0.4) is 0 Å². The van der Waals surface area contributed by atoms with Crippen LogP contribution in [0, 0.1) is 11.3 Å². The zero-order valence-corrected chi connectivity index (χ0v) is 11.5. The quantitative estimate of drug-likeness (QED) is 0.804. The van der Waals surface area contributed by atoms with Crippen molar-refractivity contribution in [2.75, 3.05) is 5.32 Å². The average molecular weight is 297 g/mol. The van der Waals surface area contributed by atoms with Crippen LogP contribution in [0.5, 0.6) is 0 Å². The molecular formula is C14H9ClN6. The van der Waals surface area contributed by atoms with Gasteiger partial charge in [-0.25, -0.2) is 14.6 Å². The minimum Gasteiger partial charge on any atom is -0.352 e. The summed E-state index contributed by atoms with van der Waals surface area (Å²) in [6.45, 7) is 0. The van der Waals surface area contributed by atoms with Crippen molar-refractivity contribution >= 4 is 23.0 Å². The van der Waals surface area contributed by atoms with Crippen LogP contribution in [0.4, 0.5) is 11.4 Å². The van der Waals surface area contributed by atoms with E-state index in [4.69, 9.17) is 16.9 Å². The van der Waals surface area contributed by atoms with Gasteiger partial charge in [-0.1, -0.05) is 11.6 Å². The largest absolute Gasteiger partial charge is 0.352 e. The van der Waals surface area contributed by atoms with Crippen molar-refractivity contribution < 1.29 is 0 Å². The maximum Gasteiger partial charge on any atom is 0.153 e. The molecule has 6 nitrogen and oxygen atoms in total. The fraction of sp³-hybridized carbons (Fsp3) is 0. The molecule has 21 heavy (non-hydrogen) atoms. The Kier molecular flexibility index (Phi) is 3.50. The summed E-state index contributed by atoms with van der Waals surface area (Å²) in [7, 11) is 0. The number of hydrogen-bond acceptors (Lipinski definition) is 5. The second kappa shape index (κ2) is 5.61. The highest BCUT2D eigenvalue weighted by Crippen LogP contribution is 2.17. The van der Waals surface area contributed by atoms with Crippen LogP contribution in [-0.2, 0) is 0 Å². The van der Waals surface area contributed by atoms with Gasteiger partial charge in [-0.2, -0.15) is 10.4 Å². The molecule has 0 aliphatic carbocycles. The average Bonchev–Trinajstić information content (AvgIpc) is 2.97. The molecule has 0 aliphatic heterocycles. The van der Waals surface area contributed by atoms with E-state index in [9.17, 15) is 0 Å². The molecule has 0 spiro atoms. The number of nitriles is 1.